The molecule has 2 rings (SSSR count). The molecule has 0 unspecified atom stereocenters. The van der Waals surface area contributed by atoms with Crippen LogP contribution < -0.4 is 11.1 Å². The molecule has 1 fully saturated rings. The highest BCUT2D eigenvalue weighted by Gasteiger charge is 2.19. The molecule has 4 N–H and O–H groups in total. The second kappa shape index (κ2) is 5.95. The van der Waals surface area contributed by atoms with Crippen molar-refractivity contribution in [2.75, 3.05) is 17.6 Å². The number of anilines is 2. The van der Waals surface area contributed by atoms with Gasteiger partial charge in [-0.3, -0.25) is 0 Å². The molecule has 1 aromatic carbocycles. The summed E-state index contributed by atoms with van der Waals surface area (Å²) in [5.41, 5.74) is 7.19. The number of carboxylic acid groups (broad SMARTS) is 1. The van der Waals surface area contributed by atoms with Crippen molar-refractivity contribution in [3.8, 4) is 0 Å². The highest BCUT2D eigenvalue weighted by Crippen LogP contribution is 2.30. The maximum atomic E-state index is 11.2. The van der Waals surface area contributed by atoms with Crippen LogP contribution in [-0.4, -0.2) is 17.6 Å². The van der Waals surface area contributed by atoms with Gasteiger partial charge in [-0.05, 0) is 36.8 Å². The van der Waals surface area contributed by atoms with Gasteiger partial charge in [-0.25, -0.2) is 4.79 Å². The maximum absolute atomic E-state index is 11.2. The van der Waals surface area contributed by atoms with E-state index in [1.54, 1.807) is 18.2 Å². The monoisotopic (exact) mass is 262 g/mol. The van der Waals surface area contributed by atoms with E-state index in [-0.39, 0.29) is 5.56 Å². The van der Waals surface area contributed by atoms with Crippen LogP contribution in [0.25, 0.3) is 0 Å². The van der Waals surface area contributed by atoms with Crippen molar-refractivity contribution >= 4 is 17.3 Å². The summed E-state index contributed by atoms with van der Waals surface area (Å²) in [7, 11) is 0. The second-order valence-electron chi connectivity index (χ2n) is 5.58. The first-order chi connectivity index (χ1) is 9.08. The van der Waals surface area contributed by atoms with Gasteiger partial charge < -0.3 is 16.2 Å². The number of benzene rings is 1. The molecule has 1 aliphatic carbocycles. The maximum Gasteiger partial charge on any atom is 0.337 e. The molecule has 0 atom stereocenters. The molecule has 19 heavy (non-hydrogen) atoms. The zero-order chi connectivity index (χ0) is 13.8. The molecular formula is C15H22N2O2. The van der Waals surface area contributed by atoms with Crippen molar-refractivity contribution in [3.05, 3.63) is 23.8 Å². The van der Waals surface area contributed by atoms with Crippen molar-refractivity contribution in [2.45, 2.75) is 32.6 Å². The predicted octanol–water partition coefficient (Wildman–Crippen LogP) is 3.21. The smallest absolute Gasteiger partial charge is 0.337 e. The van der Waals surface area contributed by atoms with Gasteiger partial charge in [-0.1, -0.05) is 25.8 Å². The number of nitrogens with one attached hydrogen (secondary N) is 1. The molecule has 0 aromatic heterocycles. The van der Waals surface area contributed by atoms with E-state index in [1.807, 2.05) is 0 Å². The Bertz CT molecular complexity index is 451. The van der Waals surface area contributed by atoms with E-state index in [9.17, 15) is 4.79 Å². The van der Waals surface area contributed by atoms with Gasteiger partial charge in [0, 0.05) is 6.54 Å². The first-order valence-electron chi connectivity index (χ1n) is 6.93. The van der Waals surface area contributed by atoms with Gasteiger partial charge in [0.2, 0.25) is 0 Å². The normalized spacial score (nSPS) is 23.0. The topological polar surface area (TPSA) is 75.3 Å². The molecule has 4 nitrogen and oxygen atoms in total. The van der Waals surface area contributed by atoms with Crippen molar-refractivity contribution in [2.24, 2.45) is 11.8 Å². The standard InChI is InChI=1S/C15H22N2O2/c1-10-5-7-11(8-6-10)9-17-14-12(15(18)19)3-2-4-13(14)16/h2-4,10-11,17H,5-9,16H2,1H3,(H,18,19). The summed E-state index contributed by atoms with van der Waals surface area (Å²) in [6.07, 6.45) is 4.96. The van der Waals surface area contributed by atoms with E-state index < -0.39 is 5.97 Å². The minimum atomic E-state index is -0.938. The third-order valence-corrected chi connectivity index (χ3v) is 4.03. The molecule has 0 aliphatic heterocycles. The van der Waals surface area contributed by atoms with Gasteiger partial charge in [0.05, 0.1) is 16.9 Å². The number of hydrogen-bond donors (Lipinski definition) is 3. The fraction of sp³-hybridized carbons (Fsp3) is 0.533. The van der Waals surface area contributed by atoms with Crippen LogP contribution in [0.15, 0.2) is 18.2 Å². The third-order valence-electron chi connectivity index (χ3n) is 4.03. The molecule has 1 saturated carbocycles. The van der Waals surface area contributed by atoms with Gasteiger partial charge in [0.15, 0.2) is 0 Å². The molecule has 104 valence electrons. The van der Waals surface area contributed by atoms with Gasteiger partial charge >= 0.3 is 5.97 Å². The lowest BCUT2D eigenvalue weighted by molar-refractivity contribution is 0.0698. The number of carboxylic acids is 1. The molecule has 0 radical (unpaired) electrons. The molecular weight excluding hydrogens is 240 g/mol. The largest absolute Gasteiger partial charge is 0.478 e. The number of nitrogens with two attached hydrogens (primary N) is 1. The lowest BCUT2D eigenvalue weighted by Crippen LogP contribution is -2.21. The summed E-state index contributed by atoms with van der Waals surface area (Å²) in [5.74, 6) is 0.511. The van der Waals surface area contributed by atoms with Crippen LogP contribution in [-0.2, 0) is 0 Å². The molecule has 4 heteroatoms. The summed E-state index contributed by atoms with van der Waals surface area (Å²) in [6.45, 7) is 3.10. The van der Waals surface area contributed by atoms with Crippen LogP contribution in [0.4, 0.5) is 11.4 Å². The Morgan fingerprint density at radius 1 is 1.37 bits per heavy atom. The zero-order valence-corrected chi connectivity index (χ0v) is 11.4. The summed E-state index contributed by atoms with van der Waals surface area (Å²) in [6, 6.07) is 4.99. The number of carbonyl (C=O) groups is 1. The average Bonchev–Trinajstić information content (AvgIpc) is 2.39. The Balaban J connectivity index is 2.01. The van der Waals surface area contributed by atoms with Gasteiger partial charge in [-0.15, -0.1) is 0 Å². The molecule has 0 bridgehead atoms. The average molecular weight is 262 g/mol. The van der Waals surface area contributed by atoms with Gasteiger partial charge in [0.25, 0.3) is 0 Å². The number of nitrogen functional groups attached to an aromatic ring is 1. The third kappa shape index (κ3) is 3.40. The van der Waals surface area contributed by atoms with E-state index >= 15 is 0 Å². The van der Waals surface area contributed by atoms with E-state index in [1.165, 1.54) is 25.7 Å². The SMILES string of the molecule is CC1CCC(CNc2c(N)cccc2C(=O)O)CC1. The van der Waals surface area contributed by atoms with E-state index in [4.69, 9.17) is 10.8 Å². The summed E-state index contributed by atoms with van der Waals surface area (Å²) >= 11 is 0. The quantitative estimate of drug-likeness (QED) is 0.728. The van der Waals surface area contributed by atoms with E-state index in [0.29, 0.717) is 17.3 Å². The molecule has 0 saturated heterocycles. The zero-order valence-electron chi connectivity index (χ0n) is 11.4. The van der Waals surface area contributed by atoms with Crippen LogP contribution >= 0.6 is 0 Å². The first kappa shape index (κ1) is 13.7. The van der Waals surface area contributed by atoms with Crippen molar-refractivity contribution in [1.29, 1.82) is 0 Å². The highest BCUT2D eigenvalue weighted by atomic mass is 16.4. The fourth-order valence-corrected chi connectivity index (χ4v) is 2.73. The Labute approximate surface area is 114 Å². The van der Waals surface area contributed by atoms with Gasteiger partial charge in [-0.2, -0.15) is 0 Å². The molecule has 0 spiro atoms. The number of hydrogen-bond acceptors (Lipinski definition) is 3. The Morgan fingerprint density at radius 2 is 2.05 bits per heavy atom. The van der Waals surface area contributed by atoms with Crippen LogP contribution in [0.2, 0.25) is 0 Å². The number of aromatic carboxylic acids is 1. The number of rotatable bonds is 4. The predicted molar refractivity (Wildman–Crippen MR) is 77.4 cm³/mol. The van der Waals surface area contributed by atoms with Crippen LogP contribution in [0.3, 0.4) is 0 Å². The van der Waals surface area contributed by atoms with Crippen LogP contribution in [0.1, 0.15) is 43.0 Å². The summed E-state index contributed by atoms with van der Waals surface area (Å²) < 4.78 is 0. The van der Waals surface area contributed by atoms with Crippen molar-refractivity contribution < 1.29 is 9.90 Å². The molecule has 0 heterocycles. The lowest BCUT2D eigenvalue weighted by atomic mass is 9.83. The Morgan fingerprint density at radius 3 is 2.68 bits per heavy atom. The highest BCUT2D eigenvalue weighted by molar-refractivity contribution is 5.97. The molecule has 1 aliphatic rings. The molecule has 1 aromatic rings. The second-order valence-corrected chi connectivity index (χ2v) is 5.58. The van der Waals surface area contributed by atoms with Gasteiger partial charge in [0.1, 0.15) is 0 Å². The minimum absolute atomic E-state index is 0.254. The first-order valence-corrected chi connectivity index (χ1v) is 6.93. The lowest BCUT2D eigenvalue weighted by Gasteiger charge is -2.27. The Hall–Kier alpha value is -1.71. The fourth-order valence-electron chi connectivity index (χ4n) is 2.73. The van der Waals surface area contributed by atoms with E-state index in [2.05, 4.69) is 12.2 Å². The van der Waals surface area contributed by atoms with Crippen molar-refractivity contribution in [1.82, 2.24) is 0 Å². The minimum Gasteiger partial charge on any atom is -0.478 e. The number of para-hydroxylation sites is 1. The van der Waals surface area contributed by atoms with Crippen LogP contribution in [0, 0.1) is 11.8 Å². The van der Waals surface area contributed by atoms with Crippen molar-refractivity contribution in [3.63, 3.8) is 0 Å². The summed E-state index contributed by atoms with van der Waals surface area (Å²) in [4.78, 5) is 11.2. The summed E-state index contributed by atoms with van der Waals surface area (Å²) in [5, 5.41) is 12.4. The Kier molecular flexibility index (Phi) is 4.30. The van der Waals surface area contributed by atoms with Crippen LogP contribution in [0.5, 0.6) is 0 Å². The van der Waals surface area contributed by atoms with E-state index in [0.717, 1.165) is 12.5 Å². The molecule has 0 amide bonds.